The highest BCUT2D eigenvalue weighted by Crippen LogP contribution is 2.36. The Bertz CT molecular complexity index is 1130. The number of hydrogen-bond acceptors (Lipinski definition) is 3. The maximum Gasteiger partial charge on any atom is 0.266 e. The van der Waals surface area contributed by atoms with Crippen LogP contribution in [0, 0.1) is 5.92 Å². The molecule has 1 aliphatic rings. The van der Waals surface area contributed by atoms with Crippen molar-refractivity contribution in [2.75, 3.05) is 6.54 Å². The molecular formula is C25H27N3OS. The van der Waals surface area contributed by atoms with Gasteiger partial charge in [0.2, 0.25) is 0 Å². The van der Waals surface area contributed by atoms with Gasteiger partial charge < -0.3 is 4.57 Å². The van der Waals surface area contributed by atoms with E-state index in [0.717, 1.165) is 26.7 Å². The lowest BCUT2D eigenvalue weighted by Crippen LogP contribution is -2.32. The maximum absolute atomic E-state index is 13.3. The molecule has 2 heterocycles. The predicted octanol–water partition coefficient (Wildman–Crippen LogP) is 6.48. The first-order chi connectivity index (χ1) is 14.4. The van der Waals surface area contributed by atoms with E-state index in [0.29, 0.717) is 18.5 Å². The molecule has 0 atom stereocenters. The Morgan fingerprint density at radius 1 is 1.00 bits per heavy atom. The molecule has 5 heteroatoms. The maximum atomic E-state index is 13.3. The Hall–Kier alpha value is -2.79. The van der Waals surface area contributed by atoms with E-state index < -0.39 is 0 Å². The minimum Gasteiger partial charge on any atom is -0.344 e. The lowest BCUT2D eigenvalue weighted by molar-refractivity contribution is -0.122. The van der Waals surface area contributed by atoms with E-state index in [2.05, 4.69) is 56.7 Å². The number of carbonyl (C=O) groups excluding carboxylic acids is 1. The summed E-state index contributed by atoms with van der Waals surface area (Å²) in [7, 11) is 0. The molecular weight excluding hydrogens is 390 g/mol. The van der Waals surface area contributed by atoms with Gasteiger partial charge in [0.1, 0.15) is 0 Å². The third-order valence-corrected chi connectivity index (χ3v) is 6.04. The van der Waals surface area contributed by atoms with Gasteiger partial charge in [0.15, 0.2) is 5.17 Å². The minimum atomic E-state index is 0.0322. The number of rotatable bonds is 5. The number of nitrogens with zero attached hydrogens (tertiary/aromatic N) is 3. The van der Waals surface area contributed by atoms with Crippen molar-refractivity contribution in [1.82, 2.24) is 9.47 Å². The second-order valence-electron chi connectivity index (χ2n) is 8.25. The van der Waals surface area contributed by atoms with Crippen LogP contribution in [0.25, 0.3) is 17.0 Å². The SMILES string of the molecule is CC(C)CN1C(=O)/C(=C\c2cn(C(C)C)c3ccccc23)SC1=Nc1ccccc1. The Morgan fingerprint density at radius 3 is 2.40 bits per heavy atom. The van der Waals surface area contributed by atoms with Gasteiger partial charge in [-0.3, -0.25) is 9.69 Å². The summed E-state index contributed by atoms with van der Waals surface area (Å²) in [6.45, 7) is 9.25. The summed E-state index contributed by atoms with van der Waals surface area (Å²) in [5.41, 5.74) is 3.12. The monoisotopic (exact) mass is 417 g/mol. The van der Waals surface area contributed by atoms with Gasteiger partial charge in [-0.05, 0) is 55.8 Å². The number of amides is 1. The molecule has 30 heavy (non-hydrogen) atoms. The Morgan fingerprint density at radius 2 is 1.70 bits per heavy atom. The molecule has 0 aliphatic carbocycles. The topological polar surface area (TPSA) is 37.6 Å². The quantitative estimate of drug-likeness (QED) is 0.445. The molecule has 1 amide bonds. The largest absolute Gasteiger partial charge is 0.344 e. The van der Waals surface area contributed by atoms with Crippen molar-refractivity contribution in [3.8, 4) is 0 Å². The van der Waals surface area contributed by atoms with Gasteiger partial charge in [0, 0.05) is 35.2 Å². The third kappa shape index (κ3) is 4.08. The molecule has 2 aromatic carbocycles. The number of fused-ring (bicyclic) bond motifs is 1. The minimum absolute atomic E-state index is 0.0322. The lowest BCUT2D eigenvalue weighted by Gasteiger charge is -2.17. The van der Waals surface area contributed by atoms with Crippen LogP contribution in [0.5, 0.6) is 0 Å². The summed E-state index contributed by atoms with van der Waals surface area (Å²) in [5.74, 6) is 0.391. The van der Waals surface area contributed by atoms with Gasteiger partial charge in [0.25, 0.3) is 5.91 Å². The van der Waals surface area contributed by atoms with Crippen LogP contribution in [0.15, 0.2) is 70.7 Å². The Kier molecular flexibility index (Phi) is 5.82. The van der Waals surface area contributed by atoms with Crippen LogP contribution in [-0.4, -0.2) is 27.1 Å². The molecule has 0 unspecified atom stereocenters. The molecule has 1 saturated heterocycles. The molecule has 4 nitrogen and oxygen atoms in total. The molecule has 4 rings (SSSR count). The van der Waals surface area contributed by atoms with E-state index in [1.165, 1.54) is 17.3 Å². The van der Waals surface area contributed by atoms with Crippen LogP contribution in [0.3, 0.4) is 0 Å². The number of benzene rings is 2. The lowest BCUT2D eigenvalue weighted by atomic mass is 10.1. The van der Waals surface area contributed by atoms with E-state index >= 15 is 0 Å². The van der Waals surface area contributed by atoms with E-state index in [4.69, 9.17) is 4.99 Å². The molecule has 0 saturated carbocycles. The van der Waals surface area contributed by atoms with E-state index in [1.54, 1.807) is 0 Å². The van der Waals surface area contributed by atoms with Crippen molar-refractivity contribution in [1.29, 1.82) is 0 Å². The number of aliphatic imine (C=N–C) groups is 1. The van der Waals surface area contributed by atoms with Crippen molar-refractivity contribution >= 4 is 45.5 Å². The highest BCUT2D eigenvalue weighted by Gasteiger charge is 2.34. The highest BCUT2D eigenvalue weighted by atomic mass is 32.2. The fourth-order valence-corrected chi connectivity index (χ4v) is 4.64. The standard InChI is InChI=1S/C25H27N3OS/c1-17(2)15-28-24(29)23(30-25(28)26-20-10-6-5-7-11-20)14-19-16-27(18(3)4)22-13-9-8-12-21(19)22/h5-14,16-18H,15H2,1-4H3/b23-14+,26-25?. The average molecular weight is 418 g/mol. The number of aromatic nitrogens is 1. The highest BCUT2D eigenvalue weighted by molar-refractivity contribution is 8.18. The van der Waals surface area contributed by atoms with Gasteiger partial charge in [-0.2, -0.15) is 0 Å². The van der Waals surface area contributed by atoms with E-state index in [9.17, 15) is 4.79 Å². The zero-order valence-corrected chi connectivity index (χ0v) is 18.7. The molecule has 0 bridgehead atoms. The van der Waals surface area contributed by atoms with Crippen LogP contribution in [0.2, 0.25) is 0 Å². The van der Waals surface area contributed by atoms with Crippen LogP contribution in [0.4, 0.5) is 5.69 Å². The van der Waals surface area contributed by atoms with Crippen molar-refractivity contribution in [2.45, 2.75) is 33.7 Å². The van der Waals surface area contributed by atoms with Gasteiger partial charge in [-0.15, -0.1) is 0 Å². The van der Waals surface area contributed by atoms with Crippen molar-refractivity contribution < 1.29 is 4.79 Å². The Labute approximate surface area is 182 Å². The van der Waals surface area contributed by atoms with Crippen molar-refractivity contribution in [2.24, 2.45) is 10.9 Å². The summed E-state index contributed by atoms with van der Waals surface area (Å²) in [4.78, 5) is 20.6. The molecule has 1 fully saturated rings. The molecule has 3 aromatic rings. The first kappa shape index (κ1) is 20.5. The van der Waals surface area contributed by atoms with Gasteiger partial charge in [-0.25, -0.2) is 4.99 Å². The molecule has 1 aliphatic heterocycles. The third-order valence-electron chi connectivity index (χ3n) is 5.03. The number of hydrogen-bond donors (Lipinski definition) is 0. The number of carbonyl (C=O) groups is 1. The van der Waals surface area contributed by atoms with Crippen LogP contribution in [0.1, 0.15) is 39.3 Å². The first-order valence-corrected chi connectivity index (χ1v) is 11.2. The average Bonchev–Trinajstić information content (AvgIpc) is 3.22. The summed E-state index contributed by atoms with van der Waals surface area (Å²) >= 11 is 1.46. The van der Waals surface area contributed by atoms with Gasteiger partial charge in [0.05, 0.1) is 10.6 Å². The van der Waals surface area contributed by atoms with Crippen molar-refractivity contribution in [3.05, 3.63) is 71.3 Å². The predicted molar refractivity (Wildman–Crippen MR) is 128 cm³/mol. The second kappa shape index (κ2) is 8.52. The fourth-order valence-electron chi connectivity index (χ4n) is 3.65. The summed E-state index contributed by atoms with van der Waals surface area (Å²) in [5, 5.41) is 1.91. The van der Waals surface area contributed by atoms with E-state index in [1.807, 2.05) is 47.4 Å². The fraction of sp³-hybridized carbons (Fsp3) is 0.280. The zero-order valence-electron chi connectivity index (χ0n) is 17.9. The summed E-state index contributed by atoms with van der Waals surface area (Å²) in [6, 6.07) is 18.5. The second-order valence-corrected chi connectivity index (χ2v) is 9.26. The number of amidine groups is 1. The van der Waals surface area contributed by atoms with Gasteiger partial charge in [-0.1, -0.05) is 50.2 Å². The summed E-state index contributed by atoms with van der Waals surface area (Å²) in [6.07, 6.45) is 4.17. The molecule has 1 aromatic heterocycles. The Balaban J connectivity index is 1.76. The molecule has 0 radical (unpaired) electrons. The number of para-hydroxylation sites is 2. The van der Waals surface area contributed by atoms with E-state index in [-0.39, 0.29) is 5.91 Å². The smallest absolute Gasteiger partial charge is 0.266 e. The normalized spacial score (nSPS) is 17.4. The molecule has 154 valence electrons. The number of thioether (sulfide) groups is 1. The van der Waals surface area contributed by atoms with Crippen molar-refractivity contribution in [3.63, 3.8) is 0 Å². The molecule has 0 N–H and O–H groups in total. The molecule has 0 spiro atoms. The first-order valence-electron chi connectivity index (χ1n) is 10.4. The summed E-state index contributed by atoms with van der Waals surface area (Å²) < 4.78 is 2.26. The van der Waals surface area contributed by atoms with Crippen LogP contribution >= 0.6 is 11.8 Å². The zero-order chi connectivity index (χ0) is 21.3. The van der Waals surface area contributed by atoms with Crippen LogP contribution < -0.4 is 0 Å². The van der Waals surface area contributed by atoms with Gasteiger partial charge >= 0.3 is 0 Å². The van der Waals surface area contributed by atoms with Crippen LogP contribution in [-0.2, 0) is 4.79 Å².